The molecule has 0 radical (unpaired) electrons. The van der Waals surface area contributed by atoms with Crippen LogP contribution in [-0.4, -0.2) is 97.4 Å². The summed E-state index contributed by atoms with van der Waals surface area (Å²) in [7, 11) is 1.92. The normalized spacial score (nSPS) is 20.6. The molecule has 3 saturated heterocycles. The number of piperazine rings is 1. The maximum Gasteiger partial charge on any atom is 0.409 e. The summed E-state index contributed by atoms with van der Waals surface area (Å²) in [5, 5.41) is 4.58. The predicted molar refractivity (Wildman–Crippen MR) is 152 cm³/mol. The summed E-state index contributed by atoms with van der Waals surface area (Å²) in [5.41, 5.74) is 5.59. The van der Waals surface area contributed by atoms with Gasteiger partial charge in [-0.25, -0.2) is 9.31 Å². The van der Waals surface area contributed by atoms with E-state index in [0.29, 0.717) is 38.3 Å². The van der Waals surface area contributed by atoms with Gasteiger partial charge in [-0.1, -0.05) is 24.3 Å². The highest BCUT2D eigenvalue weighted by atomic mass is 16.6. The van der Waals surface area contributed by atoms with Crippen LogP contribution < -0.4 is 4.90 Å². The monoisotopic (exact) mass is 515 g/mol. The van der Waals surface area contributed by atoms with Gasteiger partial charge in [-0.3, -0.25) is 0 Å². The second-order valence-corrected chi connectivity index (χ2v) is 11.6. The van der Waals surface area contributed by atoms with E-state index in [-0.39, 0.29) is 6.09 Å². The van der Waals surface area contributed by atoms with Crippen molar-refractivity contribution < 1.29 is 14.3 Å². The fourth-order valence-electron chi connectivity index (χ4n) is 5.98. The van der Waals surface area contributed by atoms with Crippen LogP contribution in [0, 0.1) is 0 Å². The number of carbonyl (C=O) groups excluding carboxylic acids is 1. The molecule has 0 aliphatic carbocycles. The minimum Gasteiger partial charge on any atom is -0.448 e. The van der Waals surface area contributed by atoms with E-state index < -0.39 is 5.50 Å². The minimum atomic E-state index is -0.475. The number of aromatic nitrogens is 2. The fraction of sp³-hybridized carbons (Fsp3) is 0.517. The Labute approximate surface area is 225 Å². The van der Waals surface area contributed by atoms with Gasteiger partial charge in [0, 0.05) is 50.2 Å². The Morgan fingerprint density at radius 1 is 1.03 bits per heavy atom. The van der Waals surface area contributed by atoms with Crippen LogP contribution in [-0.2, 0) is 9.47 Å². The van der Waals surface area contributed by atoms with Gasteiger partial charge in [-0.15, -0.1) is 0 Å². The largest absolute Gasteiger partial charge is 0.448 e. The lowest BCUT2D eigenvalue weighted by Gasteiger charge is -2.41. The van der Waals surface area contributed by atoms with Gasteiger partial charge in [0.25, 0.3) is 0 Å². The molecule has 8 nitrogen and oxygen atoms in total. The van der Waals surface area contributed by atoms with Crippen LogP contribution in [0.2, 0.25) is 0 Å². The number of ether oxygens (including phenoxy) is 2. The Balaban J connectivity index is 1.12. The summed E-state index contributed by atoms with van der Waals surface area (Å²) in [6.07, 6.45) is 6.20. The summed E-state index contributed by atoms with van der Waals surface area (Å²) in [6, 6.07) is 14.1. The number of likely N-dealkylation sites (tertiary alicyclic amines) is 1. The smallest absolute Gasteiger partial charge is 0.409 e. The number of piperidine rings is 1. The van der Waals surface area contributed by atoms with Gasteiger partial charge in [-0.05, 0) is 69.0 Å². The first-order valence-electron chi connectivity index (χ1n) is 14.0. The zero-order valence-electron chi connectivity index (χ0n) is 22.8. The van der Waals surface area contributed by atoms with Gasteiger partial charge >= 0.3 is 6.09 Å². The molecule has 38 heavy (non-hydrogen) atoms. The van der Waals surface area contributed by atoms with Crippen molar-refractivity contribution in [2.45, 2.75) is 44.1 Å². The Hall–Kier alpha value is -3.04. The maximum absolute atomic E-state index is 12.6. The molecule has 6 rings (SSSR count). The van der Waals surface area contributed by atoms with Crippen molar-refractivity contribution in [1.82, 2.24) is 19.4 Å². The van der Waals surface area contributed by atoms with E-state index in [1.165, 1.54) is 42.6 Å². The third-order valence-electron chi connectivity index (χ3n) is 8.49. The highest BCUT2D eigenvalue weighted by Gasteiger charge is 2.39. The van der Waals surface area contributed by atoms with Crippen molar-refractivity contribution in [2.24, 2.45) is 0 Å². The average Bonchev–Trinajstić information content (AvgIpc) is 3.37. The highest BCUT2D eigenvalue weighted by molar-refractivity contribution is 6.16. The number of rotatable bonds is 5. The molecule has 0 saturated carbocycles. The van der Waals surface area contributed by atoms with Crippen LogP contribution >= 0.6 is 0 Å². The first-order valence-corrected chi connectivity index (χ1v) is 14.0. The molecular weight excluding hydrogens is 477 g/mol. The summed E-state index contributed by atoms with van der Waals surface area (Å²) in [4.78, 5) is 19.3. The molecular formula is C29H38BN5O3. The average molecular weight is 515 g/mol. The SMILES string of the molecule is BC1(OC(=O)N2CCN(c3ccnn4cc(-c5ccc(C6CCN(C(C)C)CC6)cc5)cc34)CC2)COC1. The molecule has 0 bridgehead atoms. The van der Waals surface area contributed by atoms with Crippen molar-refractivity contribution in [1.29, 1.82) is 0 Å². The zero-order chi connectivity index (χ0) is 26.3. The van der Waals surface area contributed by atoms with Crippen LogP contribution in [0.1, 0.15) is 38.2 Å². The zero-order valence-corrected chi connectivity index (χ0v) is 22.8. The van der Waals surface area contributed by atoms with Crippen molar-refractivity contribution >= 4 is 25.1 Å². The van der Waals surface area contributed by atoms with Gasteiger partial charge in [0.2, 0.25) is 0 Å². The van der Waals surface area contributed by atoms with Gasteiger partial charge in [0.15, 0.2) is 7.85 Å². The molecule has 0 atom stereocenters. The summed E-state index contributed by atoms with van der Waals surface area (Å²) < 4.78 is 12.8. The number of hydrogen-bond donors (Lipinski definition) is 0. The number of hydrogen-bond acceptors (Lipinski definition) is 6. The number of anilines is 1. The number of fused-ring (bicyclic) bond motifs is 1. The van der Waals surface area contributed by atoms with Gasteiger partial charge < -0.3 is 24.2 Å². The maximum atomic E-state index is 12.6. The molecule has 1 amide bonds. The Kier molecular flexibility index (Phi) is 6.82. The third kappa shape index (κ3) is 5.01. The summed E-state index contributed by atoms with van der Waals surface area (Å²) >= 11 is 0. The lowest BCUT2D eigenvalue weighted by molar-refractivity contribution is -0.133. The van der Waals surface area contributed by atoms with Gasteiger partial charge in [0.1, 0.15) is 5.50 Å². The Morgan fingerprint density at radius 2 is 1.74 bits per heavy atom. The molecule has 3 aliphatic heterocycles. The molecule has 3 aromatic rings. The Bertz CT molecular complexity index is 1270. The molecule has 3 fully saturated rings. The van der Waals surface area contributed by atoms with Crippen LogP contribution in [0.25, 0.3) is 16.6 Å². The lowest BCUT2D eigenvalue weighted by atomic mass is 9.80. The fourth-order valence-corrected chi connectivity index (χ4v) is 5.98. The third-order valence-corrected chi connectivity index (χ3v) is 8.49. The van der Waals surface area contributed by atoms with Crippen LogP contribution in [0.3, 0.4) is 0 Å². The van der Waals surface area contributed by atoms with Gasteiger partial charge in [0.05, 0.1) is 24.4 Å². The molecule has 0 spiro atoms. The van der Waals surface area contributed by atoms with Crippen LogP contribution in [0.15, 0.2) is 48.8 Å². The quantitative estimate of drug-likeness (QED) is 0.487. The van der Waals surface area contributed by atoms with Crippen LogP contribution in [0.4, 0.5) is 10.5 Å². The van der Waals surface area contributed by atoms with Crippen LogP contribution in [0.5, 0.6) is 0 Å². The highest BCUT2D eigenvalue weighted by Crippen LogP contribution is 2.32. The number of carbonyl (C=O) groups is 1. The molecule has 1 aromatic carbocycles. The molecule has 0 unspecified atom stereocenters. The molecule has 5 heterocycles. The van der Waals surface area contributed by atoms with Crippen molar-refractivity contribution in [2.75, 3.05) is 57.4 Å². The number of nitrogens with zero attached hydrogens (tertiary/aromatic N) is 5. The van der Waals surface area contributed by atoms with Crippen molar-refractivity contribution in [3.05, 3.63) is 54.4 Å². The molecule has 200 valence electrons. The molecule has 0 N–H and O–H groups in total. The van der Waals surface area contributed by atoms with E-state index in [1.54, 1.807) is 4.90 Å². The molecule has 3 aliphatic rings. The van der Waals surface area contributed by atoms with E-state index in [9.17, 15) is 4.79 Å². The second-order valence-electron chi connectivity index (χ2n) is 11.6. The first kappa shape index (κ1) is 25.3. The van der Waals surface area contributed by atoms with E-state index in [0.717, 1.165) is 24.3 Å². The number of benzene rings is 1. The topological polar surface area (TPSA) is 62.5 Å². The standard InChI is InChI=1S/C29H38BN5O3/c1-21(2)32-11-8-24(9-12-32)22-3-5-23(6-4-22)25-17-27-26(7-10-31-35(27)18-25)33-13-15-34(16-14-33)28(36)38-29(30)19-37-20-29/h3-7,10,17-18,21,24H,8-9,11-16,19-20,30H2,1-2H3. The second kappa shape index (κ2) is 10.3. The first-order chi connectivity index (χ1) is 18.4. The summed E-state index contributed by atoms with van der Waals surface area (Å²) in [5.74, 6) is 0.654. The van der Waals surface area contributed by atoms with E-state index in [1.807, 2.05) is 18.6 Å². The van der Waals surface area contributed by atoms with E-state index in [2.05, 4.69) is 71.3 Å². The van der Waals surface area contributed by atoms with Crippen molar-refractivity contribution in [3.63, 3.8) is 0 Å². The van der Waals surface area contributed by atoms with E-state index >= 15 is 0 Å². The predicted octanol–water partition coefficient (Wildman–Crippen LogP) is 3.21. The number of amides is 1. The summed E-state index contributed by atoms with van der Waals surface area (Å²) in [6.45, 7) is 10.7. The molecule has 2 aromatic heterocycles. The van der Waals surface area contributed by atoms with Crippen molar-refractivity contribution in [3.8, 4) is 11.1 Å². The van der Waals surface area contributed by atoms with Gasteiger partial charge in [-0.2, -0.15) is 5.10 Å². The Morgan fingerprint density at radius 3 is 2.37 bits per heavy atom. The van der Waals surface area contributed by atoms with E-state index in [4.69, 9.17) is 9.47 Å². The molecule has 9 heteroatoms. The minimum absolute atomic E-state index is 0.241. The lowest BCUT2D eigenvalue weighted by Crippen LogP contribution is -2.57.